The molecule has 0 atom stereocenters. The Bertz CT molecular complexity index is 587. The van der Waals surface area contributed by atoms with Gasteiger partial charge in [-0.15, -0.1) is 0 Å². The van der Waals surface area contributed by atoms with Crippen molar-refractivity contribution in [2.24, 2.45) is 5.92 Å². The van der Waals surface area contributed by atoms with Crippen molar-refractivity contribution in [3.8, 4) is 0 Å². The monoisotopic (exact) mass is 292 g/mol. The van der Waals surface area contributed by atoms with Crippen LogP contribution in [0.2, 0.25) is 0 Å². The van der Waals surface area contributed by atoms with Crippen LogP contribution in [0.15, 0.2) is 85.0 Å². The first-order chi connectivity index (χ1) is 10.2. The highest BCUT2D eigenvalue weighted by molar-refractivity contribution is 7.74. The summed E-state index contributed by atoms with van der Waals surface area (Å²) in [5.41, 5.74) is 0. The SMILES string of the molecule is CC(C)(C1C=CC=C1)P(c1ccccc1)c1ccccc1. The van der Waals surface area contributed by atoms with Gasteiger partial charge in [0, 0.05) is 11.1 Å². The van der Waals surface area contributed by atoms with Gasteiger partial charge < -0.3 is 0 Å². The van der Waals surface area contributed by atoms with Crippen LogP contribution in [0.3, 0.4) is 0 Å². The van der Waals surface area contributed by atoms with Gasteiger partial charge in [-0.3, -0.25) is 0 Å². The molecule has 0 heterocycles. The number of hydrogen-bond acceptors (Lipinski definition) is 0. The van der Waals surface area contributed by atoms with E-state index in [1.807, 2.05) is 0 Å². The molecule has 1 aliphatic carbocycles. The molecule has 0 aliphatic heterocycles. The Morgan fingerprint density at radius 1 is 0.714 bits per heavy atom. The van der Waals surface area contributed by atoms with Crippen LogP contribution in [0.1, 0.15) is 13.8 Å². The number of hydrogen-bond donors (Lipinski definition) is 0. The topological polar surface area (TPSA) is 0 Å². The van der Waals surface area contributed by atoms with Crippen molar-refractivity contribution in [1.82, 2.24) is 0 Å². The van der Waals surface area contributed by atoms with Crippen LogP contribution in [0.4, 0.5) is 0 Å². The van der Waals surface area contributed by atoms with Crippen LogP contribution >= 0.6 is 7.92 Å². The second-order valence-corrected chi connectivity index (χ2v) is 8.81. The predicted molar refractivity (Wildman–Crippen MR) is 94.9 cm³/mol. The molecule has 0 amide bonds. The van der Waals surface area contributed by atoms with E-state index in [1.54, 1.807) is 0 Å². The fourth-order valence-corrected chi connectivity index (χ4v) is 6.06. The Kier molecular flexibility index (Phi) is 4.08. The molecule has 106 valence electrons. The molecule has 0 aromatic heterocycles. The molecule has 0 fully saturated rings. The molecule has 2 aromatic carbocycles. The zero-order valence-corrected chi connectivity index (χ0v) is 13.5. The molecule has 3 rings (SSSR count). The highest BCUT2D eigenvalue weighted by atomic mass is 31.1. The summed E-state index contributed by atoms with van der Waals surface area (Å²) in [6.07, 6.45) is 9.02. The molecule has 0 saturated carbocycles. The van der Waals surface area contributed by atoms with E-state index in [-0.39, 0.29) is 5.16 Å². The van der Waals surface area contributed by atoms with Gasteiger partial charge in [0.05, 0.1) is 0 Å². The lowest BCUT2D eigenvalue weighted by molar-refractivity contribution is 0.603. The normalized spacial score (nSPS) is 15.0. The van der Waals surface area contributed by atoms with Gasteiger partial charge in [-0.25, -0.2) is 0 Å². The number of benzene rings is 2. The smallest absolute Gasteiger partial charge is 0.00493 e. The van der Waals surface area contributed by atoms with Crippen molar-refractivity contribution in [3.63, 3.8) is 0 Å². The molecule has 0 unspecified atom stereocenters. The van der Waals surface area contributed by atoms with Gasteiger partial charge in [-0.2, -0.15) is 0 Å². The van der Waals surface area contributed by atoms with Crippen LogP contribution in [0.5, 0.6) is 0 Å². The van der Waals surface area contributed by atoms with Crippen LogP contribution in [0.25, 0.3) is 0 Å². The number of rotatable bonds is 4. The maximum Gasteiger partial charge on any atom is 0.00493 e. The molecule has 0 N–H and O–H groups in total. The molecular formula is C20H21P. The summed E-state index contributed by atoms with van der Waals surface area (Å²) in [4.78, 5) is 0. The highest BCUT2D eigenvalue weighted by Crippen LogP contribution is 2.53. The van der Waals surface area contributed by atoms with Crippen molar-refractivity contribution in [3.05, 3.63) is 85.0 Å². The zero-order chi connectivity index (χ0) is 14.7. The van der Waals surface area contributed by atoms with Gasteiger partial charge in [-0.05, 0) is 18.5 Å². The van der Waals surface area contributed by atoms with Crippen molar-refractivity contribution < 1.29 is 0 Å². The lowest BCUT2D eigenvalue weighted by Gasteiger charge is -2.39. The molecule has 0 spiro atoms. The minimum atomic E-state index is -0.408. The van der Waals surface area contributed by atoms with Crippen LogP contribution in [-0.4, -0.2) is 5.16 Å². The standard InChI is InChI=1S/C20H21P/c1-20(2,17-11-9-10-12-17)21(18-13-5-3-6-14-18)19-15-7-4-8-16-19/h3-17H,1-2H3. The second-order valence-electron chi connectivity index (χ2n) is 5.96. The molecule has 0 bridgehead atoms. The molecular weight excluding hydrogens is 271 g/mol. The quantitative estimate of drug-likeness (QED) is 0.720. The maximum absolute atomic E-state index is 2.41. The van der Waals surface area contributed by atoms with Gasteiger partial charge >= 0.3 is 0 Å². The molecule has 0 nitrogen and oxygen atoms in total. The summed E-state index contributed by atoms with van der Waals surface area (Å²) >= 11 is 0. The minimum absolute atomic E-state index is 0.196. The first kappa shape index (κ1) is 14.3. The van der Waals surface area contributed by atoms with Gasteiger partial charge in [-0.1, -0.05) is 98.8 Å². The first-order valence-electron chi connectivity index (χ1n) is 7.45. The Labute approximate surface area is 129 Å². The Hall–Kier alpha value is -1.65. The maximum atomic E-state index is 2.41. The summed E-state index contributed by atoms with van der Waals surface area (Å²) in [7, 11) is -0.408. The summed E-state index contributed by atoms with van der Waals surface area (Å²) in [5.74, 6) is 0.504. The van der Waals surface area contributed by atoms with Crippen LogP contribution < -0.4 is 10.6 Å². The highest BCUT2D eigenvalue weighted by Gasteiger charge is 2.37. The summed E-state index contributed by atoms with van der Waals surface area (Å²) in [6, 6.07) is 22.0. The average Bonchev–Trinajstić information content (AvgIpc) is 3.04. The van der Waals surface area contributed by atoms with E-state index in [4.69, 9.17) is 0 Å². The van der Waals surface area contributed by atoms with E-state index < -0.39 is 7.92 Å². The average molecular weight is 292 g/mol. The van der Waals surface area contributed by atoms with Gasteiger partial charge in [0.1, 0.15) is 0 Å². The van der Waals surface area contributed by atoms with Gasteiger partial charge in [0.15, 0.2) is 0 Å². The fourth-order valence-electron chi connectivity index (χ4n) is 3.02. The molecule has 2 aromatic rings. The third-order valence-corrected chi connectivity index (χ3v) is 7.25. The van der Waals surface area contributed by atoms with Crippen molar-refractivity contribution in [1.29, 1.82) is 0 Å². The van der Waals surface area contributed by atoms with E-state index in [0.29, 0.717) is 5.92 Å². The molecule has 1 heteroatoms. The Morgan fingerprint density at radius 2 is 1.14 bits per heavy atom. The van der Waals surface area contributed by atoms with E-state index in [1.165, 1.54) is 10.6 Å². The van der Waals surface area contributed by atoms with E-state index in [9.17, 15) is 0 Å². The lowest BCUT2D eigenvalue weighted by atomic mass is 9.97. The molecule has 21 heavy (non-hydrogen) atoms. The summed E-state index contributed by atoms with van der Waals surface area (Å²) < 4.78 is 0. The van der Waals surface area contributed by atoms with Crippen LogP contribution in [-0.2, 0) is 0 Å². The Balaban J connectivity index is 2.08. The fraction of sp³-hybridized carbons (Fsp3) is 0.200. The lowest BCUT2D eigenvalue weighted by Crippen LogP contribution is -2.34. The third-order valence-electron chi connectivity index (χ3n) is 4.17. The Morgan fingerprint density at radius 3 is 1.57 bits per heavy atom. The first-order valence-corrected chi connectivity index (χ1v) is 8.79. The van der Waals surface area contributed by atoms with Crippen molar-refractivity contribution in [2.45, 2.75) is 19.0 Å². The van der Waals surface area contributed by atoms with Crippen molar-refractivity contribution in [2.75, 3.05) is 0 Å². The van der Waals surface area contributed by atoms with E-state index in [0.717, 1.165) is 0 Å². The summed E-state index contributed by atoms with van der Waals surface area (Å²) in [5, 5.41) is 3.11. The minimum Gasteiger partial charge on any atom is -0.0767 e. The summed E-state index contributed by atoms with van der Waals surface area (Å²) in [6.45, 7) is 4.81. The van der Waals surface area contributed by atoms with E-state index in [2.05, 4.69) is 98.8 Å². The molecule has 1 aliphatic rings. The second kappa shape index (κ2) is 6.00. The van der Waals surface area contributed by atoms with Crippen molar-refractivity contribution >= 4 is 18.5 Å². The number of allylic oxidation sites excluding steroid dienone is 4. The largest absolute Gasteiger partial charge is 0.0767 e. The van der Waals surface area contributed by atoms with Crippen LogP contribution in [0, 0.1) is 5.92 Å². The molecule has 0 radical (unpaired) electrons. The molecule has 0 saturated heterocycles. The van der Waals surface area contributed by atoms with Gasteiger partial charge in [0.2, 0.25) is 0 Å². The predicted octanol–water partition coefficient (Wildman–Crippen LogP) is 4.64. The third kappa shape index (κ3) is 2.87. The zero-order valence-electron chi connectivity index (χ0n) is 12.6. The van der Waals surface area contributed by atoms with E-state index >= 15 is 0 Å². The van der Waals surface area contributed by atoms with Gasteiger partial charge in [0.25, 0.3) is 0 Å².